The van der Waals surface area contributed by atoms with Crippen LogP contribution in [0.5, 0.6) is 5.75 Å². The SMILES string of the molecule is CCC(C)Oc1cccc(C(=O)Nc2c(C)ccc3nsnc23)c1. The minimum absolute atomic E-state index is 0.111. The molecule has 0 radical (unpaired) electrons. The molecule has 2 aromatic carbocycles. The number of hydrogen-bond donors (Lipinski definition) is 1. The zero-order valence-corrected chi connectivity index (χ0v) is 14.7. The van der Waals surface area contributed by atoms with Crippen molar-refractivity contribution in [1.82, 2.24) is 8.75 Å². The van der Waals surface area contributed by atoms with Crippen molar-refractivity contribution in [3.05, 3.63) is 47.5 Å². The zero-order chi connectivity index (χ0) is 17.1. The van der Waals surface area contributed by atoms with Crippen LogP contribution in [0.4, 0.5) is 5.69 Å². The molecule has 1 amide bonds. The zero-order valence-electron chi connectivity index (χ0n) is 13.9. The van der Waals surface area contributed by atoms with E-state index in [0.29, 0.717) is 17.0 Å². The molecule has 3 aromatic rings. The fourth-order valence-electron chi connectivity index (χ4n) is 2.32. The lowest BCUT2D eigenvalue weighted by Crippen LogP contribution is -2.14. The van der Waals surface area contributed by atoms with Crippen LogP contribution >= 0.6 is 11.7 Å². The summed E-state index contributed by atoms with van der Waals surface area (Å²) in [5, 5.41) is 2.96. The predicted octanol–water partition coefficient (Wildman–Crippen LogP) is 4.43. The van der Waals surface area contributed by atoms with Crippen LogP contribution < -0.4 is 10.1 Å². The number of nitrogens with one attached hydrogen (secondary N) is 1. The van der Waals surface area contributed by atoms with E-state index in [1.54, 1.807) is 12.1 Å². The number of hydrogen-bond acceptors (Lipinski definition) is 5. The summed E-state index contributed by atoms with van der Waals surface area (Å²) < 4.78 is 14.3. The Bertz CT molecular complexity index is 876. The molecule has 1 N–H and O–H groups in total. The van der Waals surface area contributed by atoms with Crippen molar-refractivity contribution in [1.29, 1.82) is 0 Å². The van der Waals surface area contributed by atoms with Gasteiger partial charge in [-0.05, 0) is 50.1 Å². The highest BCUT2D eigenvalue weighted by Crippen LogP contribution is 2.26. The van der Waals surface area contributed by atoms with E-state index in [9.17, 15) is 4.79 Å². The van der Waals surface area contributed by atoms with Crippen molar-refractivity contribution < 1.29 is 9.53 Å². The lowest BCUT2D eigenvalue weighted by atomic mass is 10.1. The van der Waals surface area contributed by atoms with E-state index >= 15 is 0 Å². The second-order valence-corrected chi connectivity index (χ2v) is 6.24. The van der Waals surface area contributed by atoms with E-state index in [1.165, 1.54) is 0 Å². The van der Waals surface area contributed by atoms with Crippen LogP contribution in [-0.2, 0) is 0 Å². The summed E-state index contributed by atoms with van der Waals surface area (Å²) in [6, 6.07) is 11.1. The van der Waals surface area contributed by atoms with Gasteiger partial charge < -0.3 is 10.1 Å². The molecule has 3 rings (SSSR count). The van der Waals surface area contributed by atoms with Crippen molar-refractivity contribution in [3.8, 4) is 5.75 Å². The molecule has 6 heteroatoms. The summed E-state index contributed by atoms with van der Waals surface area (Å²) in [4.78, 5) is 12.6. The molecule has 0 aliphatic heterocycles. The van der Waals surface area contributed by atoms with Crippen LogP contribution in [0.25, 0.3) is 11.0 Å². The smallest absolute Gasteiger partial charge is 0.255 e. The molecular formula is C18H19N3O2S. The van der Waals surface area contributed by atoms with Crippen molar-refractivity contribution in [2.75, 3.05) is 5.32 Å². The minimum Gasteiger partial charge on any atom is -0.491 e. The molecule has 0 aliphatic rings. The Morgan fingerprint density at radius 2 is 2.12 bits per heavy atom. The van der Waals surface area contributed by atoms with Crippen molar-refractivity contribution >= 4 is 34.4 Å². The molecule has 1 heterocycles. The fourth-order valence-corrected chi connectivity index (χ4v) is 2.86. The van der Waals surface area contributed by atoms with Gasteiger partial charge in [0.1, 0.15) is 16.8 Å². The number of benzene rings is 2. The van der Waals surface area contributed by atoms with Crippen molar-refractivity contribution in [3.63, 3.8) is 0 Å². The molecule has 0 bridgehead atoms. The molecule has 124 valence electrons. The largest absolute Gasteiger partial charge is 0.491 e. The maximum atomic E-state index is 12.6. The number of anilines is 1. The number of nitrogens with zero attached hydrogens (tertiary/aromatic N) is 2. The molecule has 1 unspecified atom stereocenters. The number of amides is 1. The van der Waals surface area contributed by atoms with Gasteiger partial charge >= 0.3 is 0 Å². The van der Waals surface area contributed by atoms with Crippen LogP contribution in [-0.4, -0.2) is 20.8 Å². The topological polar surface area (TPSA) is 64.1 Å². The van der Waals surface area contributed by atoms with Crippen LogP contribution in [0.2, 0.25) is 0 Å². The highest BCUT2D eigenvalue weighted by molar-refractivity contribution is 7.00. The van der Waals surface area contributed by atoms with Gasteiger partial charge in [-0.1, -0.05) is 19.1 Å². The molecule has 0 aliphatic carbocycles. The maximum Gasteiger partial charge on any atom is 0.255 e. The van der Waals surface area contributed by atoms with Crippen LogP contribution in [0, 0.1) is 6.92 Å². The summed E-state index contributed by atoms with van der Waals surface area (Å²) in [7, 11) is 0. The molecule has 5 nitrogen and oxygen atoms in total. The van der Waals surface area contributed by atoms with E-state index in [-0.39, 0.29) is 12.0 Å². The Labute approximate surface area is 145 Å². The van der Waals surface area contributed by atoms with Gasteiger partial charge in [0.15, 0.2) is 0 Å². The Kier molecular flexibility index (Phi) is 4.76. The van der Waals surface area contributed by atoms with Gasteiger partial charge in [-0.2, -0.15) is 8.75 Å². The van der Waals surface area contributed by atoms with E-state index in [0.717, 1.165) is 34.7 Å². The molecular weight excluding hydrogens is 322 g/mol. The molecule has 0 saturated heterocycles. The van der Waals surface area contributed by atoms with Gasteiger partial charge in [-0.3, -0.25) is 4.79 Å². The predicted molar refractivity (Wildman–Crippen MR) is 96.9 cm³/mol. The average Bonchev–Trinajstić information content (AvgIpc) is 3.06. The number of fused-ring (bicyclic) bond motifs is 1. The normalized spacial score (nSPS) is 12.1. The summed E-state index contributed by atoms with van der Waals surface area (Å²) in [5.41, 5.74) is 3.72. The van der Waals surface area contributed by atoms with E-state index in [1.807, 2.05) is 38.1 Å². The maximum absolute atomic E-state index is 12.6. The van der Waals surface area contributed by atoms with Crippen LogP contribution in [0.1, 0.15) is 36.2 Å². The lowest BCUT2D eigenvalue weighted by molar-refractivity contribution is 0.102. The quantitative estimate of drug-likeness (QED) is 0.745. The third kappa shape index (κ3) is 3.38. The van der Waals surface area contributed by atoms with Gasteiger partial charge in [0.2, 0.25) is 0 Å². The van der Waals surface area contributed by atoms with E-state index in [2.05, 4.69) is 21.0 Å². The third-order valence-corrected chi connectivity index (χ3v) is 4.43. The standard InChI is InChI=1S/C18H19N3O2S/c1-4-12(3)23-14-7-5-6-13(10-14)18(22)19-16-11(2)8-9-15-17(16)21-24-20-15/h5-10,12H,4H2,1-3H3,(H,19,22). The second kappa shape index (κ2) is 6.97. The summed E-state index contributed by atoms with van der Waals surface area (Å²) in [6.07, 6.45) is 1.02. The third-order valence-electron chi connectivity index (χ3n) is 3.88. The Morgan fingerprint density at radius 3 is 2.92 bits per heavy atom. The first kappa shape index (κ1) is 16.4. The fraction of sp³-hybridized carbons (Fsp3) is 0.278. The van der Waals surface area contributed by atoms with Gasteiger partial charge in [0.05, 0.1) is 23.5 Å². The van der Waals surface area contributed by atoms with E-state index in [4.69, 9.17) is 4.74 Å². The Hall–Kier alpha value is -2.47. The number of aryl methyl sites for hydroxylation is 1. The number of carbonyl (C=O) groups excluding carboxylic acids is 1. The monoisotopic (exact) mass is 341 g/mol. The second-order valence-electron chi connectivity index (χ2n) is 5.71. The van der Waals surface area contributed by atoms with Crippen molar-refractivity contribution in [2.45, 2.75) is 33.3 Å². The van der Waals surface area contributed by atoms with Gasteiger partial charge in [-0.25, -0.2) is 0 Å². The van der Waals surface area contributed by atoms with Gasteiger partial charge in [0.25, 0.3) is 5.91 Å². The van der Waals surface area contributed by atoms with E-state index < -0.39 is 0 Å². The molecule has 1 aromatic heterocycles. The molecule has 0 spiro atoms. The first-order chi connectivity index (χ1) is 11.6. The average molecular weight is 341 g/mol. The number of ether oxygens (including phenoxy) is 1. The Morgan fingerprint density at radius 1 is 1.29 bits per heavy atom. The highest BCUT2D eigenvalue weighted by Gasteiger charge is 2.14. The number of aromatic nitrogens is 2. The summed E-state index contributed by atoms with van der Waals surface area (Å²) in [5.74, 6) is 0.510. The first-order valence-corrected chi connectivity index (χ1v) is 8.61. The number of carbonyl (C=O) groups is 1. The Balaban J connectivity index is 1.85. The minimum atomic E-state index is -0.187. The molecule has 0 saturated carbocycles. The van der Waals surface area contributed by atoms with Crippen molar-refractivity contribution in [2.24, 2.45) is 0 Å². The van der Waals surface area contributed by atoms with Gasteiger partial charge in [-0.15, -0.1) is 0 Å². The summed E-state index contributed by atoms with van der Waals surface area (Å²) in [6.45, 7) is 6.01. The molecule has 1 atom stereocenters. The van der Waals surface area contributed by atoms with Crippen LogP contribution in [0.15, 0.2) is 36.4 Å². The molecule has 0 fully saturated rings. The molecule has 24 heavy (non-hydrogen) atoms. The van der Waals surface area contributed by atoms with Gasteiger partial charge in [0, 0.05) is 5.56 Å². The first-order valence-electron chi connectivity index (χ1n) is 7.88. The summed E-state index contributed by atoms with van der Waals surface area (Å²) >= 11 is 1.14. The highest BCUT2D eigenvalue weighted by atomic mass is 32.1. The number of rotatable bonds is 5. The lowest BCUT2D eigenvalue weighted by Gasteiger charge is -2.14. The van der Waals surface area contributed by atoms with Crippen LogP contribution in [0.3, 0.4) is 0 Å².